The number of rotatable bonds is 7. The summed E-state index contributed by atoms with van der Waals surface area (Å²) in [5, 5.41) is 3.54. The van der Waals surface area contributed by atoms with Gasteiger partial charge in [-0.15, -0.1) is 0 Å². The molecule has 0 aliphatic carbocycles. The van der Waals surface area contributed by atoms with E-state index in [0.717, 1.165) is 15.8 Å². The van der Waals surface area contributed by atoms with Crippen molar-refractivity contribution < 1.29 is 23.8 Å². The largest absolute Gasteiger partial charge is 0.497 e. The van der Waals surface area contributed by atoms with E-state index in [0.29, 0.717) is 34.5 Å². The molecule has 2 amide bonds. The number of carbonyl (C=O) groups excluding carboxylic acids is 2. The van der Waals surface area contributed by atoms with Gasteiger partial charge in [-0.2, -0.15) is 0 Å². The number of nitrogens with one attached hydrogen (secondary N) is 1. The Bertz CT molecular complexity index is 1400. The van der Waals surface area contributed by atoms with Gasteiger partial charge in [0.1, 0.15) is 5.75 Å². The molecule has 1 aliphatic rings. The lowest BCUT2D eigenvalue weighted by Gasteiger charge is -2.41. The van der Waals surface area contributed by atoms with Crippen LogP contribution >= 0.6 is 11.3 Å². The van der Waals surface area contributed by atoms with Crippen molar-refractivity contribution in [3.8, 4) is 17.2 Å². The van der Waals surface area contributed by atoms with E-state index in [2.05, 4.69) is 10.3 Å². The number of para-hydroxylation sites is 1. The maximum absolute atomic E-state index is 13.7. The summed E-state index contributed by atoms with van der Waals surface area (Å²) in [6.07, 6.45) is 0.648. The molecule has 0 spiro atoms. The lowest BCUT2D eigenvalue weighted by Crippen LogP contribution is -2.47. The zero-order chi connectivity index (χ0) is 25.9. The average molecular weight is 518 g/mol. The Morgan fingerprint density at radius 2 is 1.73 bits per heavy atom. The van der Waals surface area contributed by atoms with Gasteiger partial charge in [0.15, 0.2) is 16.6 Å². The summed E-state index contributed by atoms with van der Waals surface area (Å²) in [6.45, 7) is 0. The summed E-state index contributed by atoms with van der Waals surface area (Å²) in [7, 11) is 4.72. The van der Waals surface area contributed by atoms with E-state index in [4.69, 9.17) is 14.2 Å². The zero-order valence-corrected chi connectivity index (χ0v) is 21.6. The van der Waals surface area contributed by atoms with Gasteiger partial charge in [-0.1, -0.05) is 29.5 Å². The summed E-state index contributed by atoms with van der Waals surface area (Å²) in [4.78, 5) is 33.3. The average Bonchev–Trinajstić information content (AvgIpc) is 3.34. The molecule has 1 N–H and O–H groups in total. The van der Waals surface area contributed by atoms with Crippen LogP contribution in [-0.2, 0) is 9.59 Å². The highest BCUT2D eigenvalue weighted by molar-refractivity contribution is 7.22. The minimum atomic E-state index is -0.566. The zero-order valence-electron chi connectivity index (χ0n) is 20.8. The number of hydrogen-bond donors (Lipinski definition) is 1. The Kier molecular flexibility index (Phi) is 6.96. The standard InChI is InChI=1S/C28H27N3O5S/c1-34-19-11-9-18(10-12-19)31-25(32)15-13-20(26(31)17-8-14-22(35-2)23(16-17)36-3)27(33)30-28-29-21-6-4-5-7-24(21)37-28/h4-12,14,16,20,26H,13,15H2,1-3H3,(H,29,30,33)/t20-,26+/m1/s1. The Balaban J connectivity index is 1.55. The molecule has 0 unspecified atom stereocenters. The maximum atomic E-state index is 13.7. The number of anilines is 2. The quantitative estimate of drug-likeness (QED) is 0.351. The first kappa shape index (κ1) is 24.6. The van der Waals surface area contributed by atoms with Gasteiger partial charge < -0.3 is 24.4 Å². The molecule has 2 heterocycles. The van der Waals surface area contributed by atoms with Crippen molar-refractivity contribution in [2.75, 3.05) is 31.5 Å². The molecule has 5 rings (SSSR count). The molecule has 1 aromatic heterocycles. The highest BCUT2D eigenvalue weighted by Crippen LogP contribution is 2.43. The lowest BCUT2D eigenvalue weighted by molar-refractivity contribution is -0.125. The third-order valence-electron chi connectivity index (χ3n) is 6.56. The van der Waals surface area contributed by atoms with Crippen LogP contribution in [0.15, 0.2) is 66.7 Å². The molecular weight excluding hydrogens is 490 g/mol. The predicted octanol–water partition coefficient (Wildman–Crippen LogP) is 5.45. The number of thiazole rings is 1. The molecule has 3 aromatic carbocycles. The van der Waals surface area contributed by atoms with Crippen LogP contribution in [0.4, 0.5) is 10.8 Å². The van der Waals surface area contributed by atoms with Crippen molar-refractivity contribution in [2.45, 2.75) is 18.9 Å². The number of amides is 2. The number of hydrogen-bond acceptors (Lipinski definition) is 7. The Hall–Kier alpha value is -4.11. The number of aromatic nitrogens is 1. The highest BCUT2D eigenvalue weighted by Gasteiger charge is 2.42. The summed E-state index contributed by atoms with van der Waals surface area (Å²) in [5.41, 5.74) is 2.28. The van der Waals surface area contributed by atoms with E-state index < -0.39 is 12.0 Å². The summed E-state index contributed by atoms with van der Waals surface area (Å²) in [5.74, 6) is 1.00. The fourth-order valence-corrected chi connectivity index (χ4v) is 5.62. The minimum absolute atomic E-state index is 0.0611. The first-order chi connectivity index (χ1) is 18.0. The van der Waals surface area contributed by atoms with Crippen LogP contribution < -0.4 is 24.4 Å². The van der Waals surface area contributed by atoms with Crippen LogP contribution in [0.2, 0.25) is 0 Å². The summed E-state index contributed by atoms with van der Waals surface area (Å²) >= 11 is 1.43. The van der Waals surface area contributed by atoms with Gasteiger partial charge in [-0.05, 0) is 60.5 Å². The van der Waals surface area contributed by atoms with Gasteiger partial charge in [0.25, 0.3) is 0 Å². The second-order valence-electron chi connectivity index (χ2n) is 8.64. The molecule has 8 nitrogen and oxygen atoms in total. The van der Waals surface area contributed by atoms with Crippen molar-refractivity contribution in [3.05, 3.63) is 72.3 Å². The summed E-state index contributed by atoms with van der Waals surface area (Å²) < 4.78 is 17.2. The number of carbonyl (C=O) groups is 2. The van der Waals surface area contributed by atoms with E-state index in [-0.39, 0.29) is 18.2 Å². The van der Waals surface area contributed by atoms with E-state index in [9.17, 15) is 9.59 Å². The molecule has 0 radical (unpaired) electrons. The number of ether oxygens (including phenoxy) is 3. The van der Waals surface area contributed by atoms with Crippen LogP contribution in [0, 0.1) is 5.92 Å². The number of benzene rings is 3. The van der Waals surface area contributed by atoms with Gasteiger partial charge in [0.05, 0.1) is 43.5 Å². The smallest absolute Gasteiger partial charge is 0.231 e. The molecule has 0 saturated carbocycles. The lowest BCUT2D eigenvalue weighted by atomic mass is 9.83. The third-order valence-corrected chi connectivity index (χ3v) is 7.51. The molecule has 0 bridgehead atoms. The van der Waals surface area contributed by atoms with Crippen LogP contribution in [0.25, 0.3) is 10.2 Å². The minimum Gasteiger partial charge on any atom is -0.497 e. The Morgan fingerprint density at radius 3 is 2.43 bits per heavy atom. The third kappa shape index (κ3) is 4.82. The van der Waals surface area contributed by atoms with Gasteiger partial charge in [-0.25, -0.2) is 4.98 Å². The first-order valence-corrected chi connectivity index (χ1v) is 12.7. The normalized spacial score (nSPS) is 17.5. The van der Waals surface area contributed by atoms with E-state index in [1.165, 1.54) is 11.3 Å². The van der Waals surface area contributed by atoms with Crippen molar-refractivity contribution in [3.63, 3.8) is 0 Å². The van der Waals surface area contributed by atoms with Crippen molar-refractivity contribution in [1.82, 2.24) is 4.98 Å². The molecular formula is C28H27N3O5S. The fourth-order valence-electron chi connectivity index (χ4n) is 4.76. The fraction of sp³-hybridized carbons (Fsp3) is 0.250. The topological polar surface area (TPSA) is 90.0 Å². The Morgan fingerprint density at radius 1 is 0.973 bits per heavy atom. The van der Waals surface area contributed by atoms with E-state index in [1.807, 2.05) is 48.5 Å². The molecule has 1 fully saturated rings. The van der Waals surface area contributed by atoms with Crippen molar-refractivity contribution in [1.29, 1.82) is 0 Å². The SMILES string of the molecule is COc1ccc(N2C(=O)CC[C@@H](C(=O)Nc3nc4ccccc4s3)[C@@H]2c2ccc(OC)c(OC)c2)cc1. The van der Waals surface area contributed by atoms with Gasteiger partial charge in [0, 0.05) is 12.1 Å². The first-order valence-electron chi connectivity index (χ1n) is 11.9. The van der Waals surface area contributed by atoms with Crippen LogP contribution in [0.3, 0.4) is 0 Å². The number of fused-ring (bicyclic) bond motifs is 1. The molecule has 37 heavy (non-hydrogen) atoms. The van der Waals surface area contributed by atoms with Gasteiger partial charge in [0.2, 0.25) is 11.8 Å². The van der Waals surface area contributed by atoms with Crippen molar-refractivity contribution >= 4 is 44.2 Å². The molecule has 9 heteroatoms. The number of nitrogens with zero attached hydrogens (tertiary/aromatic N) is 2. The summed E-state index contributed by atoms with van der Waals surface area (Å²) in [6, 6.07) is 20.0. The monoisotopic (exact) mass is 517 g/mol. The maximum Gasteiger partial charge on any atom is 0.231 e. The van der Waals surface area contributed by atoms with Crippen LogP contribution in [-0.4, -0.2) is 38.1 Å². The Labute approximate surface area is 218 Å². The van der Waals surface area contributed by atoms with E-state index in [1.54, 1.807) is 44.4 Å². The number of piperidine rings is 1. The second-order valence-corrected chi connectivity index (χ2v) is 9.67. The highest BCUT2D eigenvalue weighted by atomic mass is 32.1. The van der Waals surface area contributed by atoms with Crippen LogP contribution in [0.1, 0.15) is 24.4 Å². The molecule has 1 aliphatic heterocycles. The molecule has 2 atom stereocenters. The van der Waals surface area contributed by atoms with Crippen LogP contribution in [0.5, 0.6) is 17.2 Å². The molecule has 1 saturated heterocycles. The van der Waals surface area contributed by atoms with Crippen molar-refractivity contribution in [2.24, 2.45) is 5.92 Å². The molecule has 4 aromatic rings. The predicted molar refractivity (Wildman–Crippen MR) is 144 cm³/mol. The van der Waals surface area contributed by atoms with Gasteiger partial charge in [-0.3, -0.25) is 9.59 Å². The van der Waals surface area contributed by atoms with Gasteiger partial charge >= 0.3 is 0 Å². The molecule has 190 valence electrons. The number of methoxy groups -OCH3 is 3. The van der Waals surface area contributed by atoms with E-state index >= 15 is 0 Å². The second kappa shape index (κ2) is 10.5.